The smallest absolute Gasteiger partial charge is 0.222 e. The van der Waals surface area contributed by atoms with Gasteiger partial charge in [0.25, 0.3) is 0 Å². The molecule has 0 bridgehead atoms. The van der Waals surface area contributed by atoms with Crippen LogP contribution in [0, 0.1) is 6.92 Å². The standard InChI is InChI=1S/C22H37N3O/c1-18-10-6-7-11-21(18)12-8-13-22(26)24-16-19(2)25(20(3)17-24)15-9-14-23(4)5/h6-7,10-11,19-20H,8-9,12-17H2,1-5H3. The summed E-state index contributed by atoms with van der Waals surface area (Å²) in [6.07, 6.45) is 3.78. The number of hydrogen-bond donors (Lipinski definition) is 0. The van der Waals surface area contributed by atoms with Gasteiger partial charge in [-0.25, -0.2) is 0 Å². The summed E-state index contributed by atoms with van der Waals surface area (Å²) >= 11 is 0. The Morgan fingerprint density at radius 2 is 1.77 bits per heavy atom. The van der Waals surface area contributed by atoms with Crippen molar-refractivity contribution in [2.45, 2.75) is 58.5 Å². The molecule has 0 spiro atoms. The Bertz CT molecular complexity index is 560. The monoisotopic (exact) mass is 359 g/mol. The van der Waals surface area contributed by atoms with E-state index in [-0.39, 0.29) is 0 Å². The number of nitrogens with zero attached hydrogens (tertiary/aromatic N) is 3. The second-order valence-corrected chi connectivity index (χ2v) is 8.17. The summed E-state index contributed by atoms with van der Waals surface area (Å²) in [6.45, 7) is 10.7. The molecule has 1 fully saturated rings. The van der Waals surface area contributed by atoms with Crippen molar-refractivity contribution in [2.24, 2.45) is 0 Å². The average molecular weight is 360 g/mol. The number of hydrogen-bond acceptors (Lipinski definition) is 3. The zero-order valence-electron chi connectivity index (χ0n) is 17.4. The Balaban J connectivity index is 1.77. The fourth-order valence-electron chi connectivity index (χ4n) is 4.05. The molecule has 1 aliphatic rings. The molecule has 2 atom stereocenters. The largest absolute Gasteiger partial charge is 0.340 e. The molecule has 0 N–H and O–H groups in total. The maximum absolute atomic E-state index is 12.7. The minimum atomic E-state index is 0.324. The second kappa shape index (κ2) is 10.1. The molecule has 1 aromatic rings. The molecule has 0 radical (unpaired) electrons. The number of carbonyl (C=O) groups excluding carboxylic acids is 1. The van der Waals surface area contributed by atoms with E-state index in [1.54, 1.807) is 0 Å². The maximum atomic E-state index is 12.7. The topological polar surface area (TPSA) is 26.8 Å². The molecule has 1 heterocycles. The minimum absolute atomic E-state index is 0.324. The van der Waals surface area contributed by atoms with E-state index in [0.717, 1.165) is 39.0 Å². The van der Waals surface area contributed by atoms with Crippen LogP contribution in [0.4, 0.5) is 0 Å². The Kier molecular flexibility index (Phi) is 8.11. The lowest BCUT2D eigenvalue weighted by Gasteiger charge is -2.44. The highest BCUT2D eigenvalue weighted by Gasteiger charge is 2.31. The van der Waals surface area contributed by atoms with Gasteiger partial charge in [-0.3, -0.25) is 9.69 Å². The maximum Gasteiger partial charge on any atom is 0.222 e. The predicted molar refractivity (Wildman–Crippen MR) is 109 cm³/mol. The van der Waals surface area contributed by atoms with Gasteiger partial charge in [-0.05, 0) is 71.8 Å². The molecule has 0 aliphatic carbocycles. The van der Waals surface area contributed by atoms with E-state index >= 15 is 0 Å². The highest BCUT2D eigenvalue weighted by molar-refractivity contribution is 5.76. The fraction of sp³-hybridized carbons (Fsp3) is 0.682. The Hall–Kier alpha value is -1.39. The van der Waals surface area contributed by atoms with E-state index in [9.17, 15) is 4.79 Å². The molecule has 0 aromatic heterocycles. The van der Waals surface area contributed by atoms with Crippen LogP contribution in [-0.2, 0) is 11.2 Å². The quantitative estimate of drug-likeness (QED) is 0.713. The summed E-state index contributed by atoms with van der Waals surface area (Å²) in [5.74, 6) is 0.324. The molecule has 1 amide bonds. The van der Waals surface area contributed by atoms with Crippen molar-refractivity contribution in [3.05, 3.63) is 35.4 Å². The van der Waals surface area contributed by atoms with Gasteiger partial charge < -0.3 is 9.80 Å². The Morgan fingerprint density at radius 1 is 1.12 bits per heavy atom. The van der Waals surface area contributed by atoms with Gasteiger partial charge in [-0.2, -0.15) is 0 Å². The first-order valence-corrected chi connectivity index (χ1v) is 10.1. The number of aryl methyl sites for hydroxylation is 2. The molecule has 4 nitrogen and oxygen atoms in total. The summed E-state index contributed by atoms with van der Waals surface area (Å²) < 4.78 is 0. The minimum Gasteiger partial charge on any atom is -0.340 e. The number of amides is 1. The van der Waals surface area contributed by atoms with Crippen LogP contribution >= 0.6 is 0 Å². The van der Waals surface area contributed by atoms with Gasteiger partial charge in [-0.1, -0.05) is 24.3 Å². The van der Waals surface area contributed by atoms with Crippen LogP contribution < -0.4 is 0 Å². The van der Waals surface area contributed by atoms with Gasteiger partial charge in [0.1, 0.15) is 0 Å². The zero-order chi connectivity index (χ0) is 19.1. The number of rotatable bonds is 8. The van der Waals surface area contributed by atoms with E-state index < -0.39 is 0 Å². The molecule has 2 rings (SSSR count). The van der Waals surface area contributed by atoms with Crippen LogP contribution in [0.1, 0.15) is 44.2 Å². The number of benzene rings is 1. The van der Waals surface area contributed by atoms with Crippen molar-refractivity contribution in [1.82, 2.24) is 14.7 Å². The first-order valence-electron chi connectivity index (χ1n) is 10.1. The molecule has 1 aromatic carbocycles. The molecule has 0 saturated carbocycles. The molecule has 2 unspecified atom stereocenters. The van der Waals surface area contributed by atoms with Crippen molar-refractivity contribution in [1.29, 1.82) is 0 Å². The summed E-state index contributed by atoms with van der Waals surface area (Å²) in [4.78, 5) is 19.6. The molecular formula is C22H37N3O. The second-order valence-electron chi connectivity index (χ2n) is 8.17. The van der Waals surface area contributed by atoms with E-state index in [2.05, 4.69) is 73.8 Å². The van der Waals surface area contributed by atoms with Crippen molar-refractivity contribution < 1.29 is 4.79 Å². The Morgan fingerprint density at radius 3 is 2.38 bits per heavy atom. The van der Waals surface area contributed by atoms with Crippen molar-refractivity contribution in [3.63, 3.8) is 0 Å². The SMILES string of the molecule is Cc1ccccc1CCCC(=O)N1CC(C)N(CCCN(C)C)C(C)C1. The van der Waals surface area contributed by atoms with Gasteiger partial charge in [-0.15, -0.1) is 0 Å². The van der Waals surface area contributed by atoms with Crippen molar-refractivity contribution in [3.8, 4) is 0 Å². The van der Waals surface area contributed by atoms with E-state index in [1.165, 1.54) is 17.5 Å². The number of piperazine rings is 1. The van der Waals surface area contributed by atoms with Gasteiger partial charge in [0.05, 0.1) is 0 Å². The molecule has 4 heteroatoms. The van der Waals surface area contributed by atoms with Gasteiger partial charge in [0, 0.05) is 38.1 Å². The first-order chi connectivity index (χ1) is 12.4. The van der Waals surface area contributed by atoms with Crippen LogP contribution in [0.2, 0.25) is 0 Å². The lowest BCUT2D eigenvalue weighted by atomic mass is 10.0. The van der Waals surface area contributed by atoms with Crippen LogP contribution in [0.5, 0.6) is 0 Å². The molecular weight excluding hydrogens is 322 g/mol. The van der Waals surface area contributed by atoms with Crippen molar-refractivity contribution in [2.75, 3.05) is 40.3 Å². The van der Waals surface area contributed by atoms with Gasteiger partial charge in [0.2, 0.25) is 5.91 Å². The van der Waals surface area contributed by atoms with E-state index in [0.29, 0.717) is 24.4 Å². The average Bonchev–Trinajstić information content (AvgIpc) is 2.58. The lowest BCUT2D eigenvalue weighted by molar-refractivity contribution is -0.135. The molecule has 1 aliphatic heterocycles. The van der Waals surface area contributed by atoms with Crippen LogP contribution in [-0.4, -0.2) is 73.0 Å². The lowest BCUT2D eigenvalue weighted by Crippen LogP contribution is -2.58. The fourth-order valence-corrected chi connectivity index (χ4v) is 4.05. The zero-order valence-corrected chi connectivity index (χ0v) is 17.4. The highest BCUT2D eigenvalue weighted by Crippen LogP contribution is 2.18. The van der Waals surface area contributed by atoms with Crippen LogP contribution in [0.25, 0.3) is 0 Å². The molecule has 146 valence electrons. The predicted octanol–water partition coefficient (Wildman–Crippen LogP) is 3.19. The third-order valence-corrected chi connectivity index (χ3v) is 5.57. The third-order valence-electron chi connectivity index (χ3n) is 5.57. The van der Waals surface area contributed by atoms with Crippen LogP contribution in [0.15, 0.2) is 24.3 Å². The van der Waals surface area contributed by atoms with E-state index in [4.69, 9.17) is 0 Å². The summed E-state index contributed by atoms with van der Waals surface area (Å²) in [5, 5.41) is 0. The van der Waals surface area contributed by atoms with Crippen molar-refractivity contribution >= 4 is 5.91 Å². The van der Waals surface area contributed by atoms with Gasteiger partial charge >= 0.3 is 0 Å². The summed E-state index contributed by atoms with van der Waals surface area (Å²) in [7, 11) is 4.25. The normalized spacial score (nSPS) is 21.4. The summed E-state index contributed by atoms with van der Waals surface area (Å²) in [5.41, 5.74) is 2.70. The van der Waals surface area contributed by atoms with E-state index in [1.807, 2.05) is 0 Å². The van der Waals surface area contributed by atoms with Crippen LogP contribution in [0.3, 0.4) is 0 Å². The number of carbonyl (C=O) groups is 1. The summed E-state index contributed by atoms with van der Waals surface area (Å²) in [6, 6.07) is 9.38. The first kappa shape index (κ1) is 20.9. The molecule has 26 heavy (non-hydrogen) atoms. The highest BCUT2D eigenvalue weighted by atomic mass is 16.2. The third kappa shape index (κ3) is 6.10. The van der Waals surface area contributed by atoms with Gasteiger partial charge in [0.15, 0.2) is 0 Å². The molecule has 1 saturated heterocycles. The Labute approximate surface area is 160 Å².